The van der Waals surface area contributed by atoms with Gasteiger partial charge in [-0.3, -0.25) is 9.59 Å². The Labute approximate surface area is 185 Å². The van der Waals surface area contributed by atoms with Gasteiger partial charge in [-0.1, -0.05) is 36.4 Å². The number of amides is 1. The third-order valence-corrected chi connectivity index (χ3v) is 5.86. The first kappa shape index (κ1) is 20.0. The van der Waals surface area contributed by atoms with Gasteiger partial charge in [0.15, 0.2) is 11.0 Å². The van der Waals surface area contributed by atoms with Gasteiger partial charge in [0.25, 0.3) is 5.91 Å². The van der Waals surface area contributed by atoms with Crippen LogP contribution in [0.1, 0.15) is 28.8 Å². The normalized spacial score (nSPS) is 13.5. The largest absolute Gasteiger partial charge is 0.455 e. The van der Waals surface area contributed by atoms with Crippen molar-refractivity contribution in [2.24, 2.45) is 0 Å². The zero-order valence-corrected chi connectivity index (χ0v) is 17.8. The minimum absolute atomic E-state index is 0.142. The van der Waals surface area contributed by atoms with Gasteiger partial charge in [0, 0.05) is 24.2 Å². The standard InChI is InChI=1S/C26H23N3O3/c1-17-23(30)20-10-7-11-21(25(20)32-24(17)18-8-3-2-4-9-18)26(31)28-19-12-13-22(27-16-19)29-14-5-6-15-29/h2-4,7-13,16H,5-6,14-15H2,1H3,(H,28,31). The van der Waals surface area contributed by atoms with E-state index in [0.29, 0.717) is 28.0 Å². The molecule has 0 saturated carbocycles. The Morgan fingerprint density at radius 3 is 2.50 bits per heavy atom. The highest BCUT2D eigenvalue weighted by Gasteiger charge is 2.19. The average molecular weight is 425 g/mol. The summed E-state index contributed by atoms with van der Waals surface area (Å²) in [5.74, 6) is 1.04. The number of carbonyl (C=O) groups excluding carboxylic acids is 1. The van der Waals surface area contributed by atoms with Crippen LogP contribution in [-0.2, 0) is 0 Å². The van der Waals surface area contributed by atoms with E-state index in [1.54, 1.807) is 31.3 Å². The predicted octanol–water partition coefficient (Wildman–Crippen LogP) is 5.02. The maximum Gasteiger partial charge on any atom is 0.259 e. The van der Waals surface area contributed by atoms with E-state index in [4.69, 9.17) is 4.42 Å². The highest BCUT2D eigenvalue weighted by atomic mass is 16.3. The van der Waals surface area contributed by atoms with Gasteiger partial charge in [0.1, 0.15) is 11.6 Å². The first-order chi connectivity index (χ1) is 15.6. The molecule has 0 spiro atoms. The van der Waals surface area contributed by atoms with Crippen LogP contribution in [0.4, 0.5) is 11.5 Å². The van der Waals surface area contributed by atoms with E-state index >= 15 is 0 Å². The molecule has 4 aromatic rings. The summed E-state index contributed by atoms with van der Waals surface area (Å²) < 4.78 is 6.15. The van der Waals surface area contributed by atoms with Crippen LogP contribution in [0.2, 0.25) is 0 Å². The molecule has 1 saturated heterocycles. The second-order valence-electron chi connectivity index (χ2n) is 7.99. The summed E-state index contributed by atoms with van der Waals surface area (Å²) in [6, 6.07) is 18.3. The number of carbonyl (C=O) groups is 1. The highest BCUT2D eigenvalue weighted by Crippen LogP contribution is 2.28. The fourth-order valence-corrected chi connectivity index (χ4v) is 4.14. The summed E-state index contributed by atoms with van der Waals surface area (Å²) in [5.41, 5.74) is 2.34. The fourth-order valence-electron chi connectivity index (χ4n) is 4.14. The molecule has 0 bridgehead atoms. The molecule has 2 aromatic heterocycles. The van der Waals surface area contributed by atoms with E-state index in [1.807, 2.05) is 42.5 Å². The predicted molar refractivity (Wildman–Crippen MR) is 126 cm³/mol. The molecule has 1 aliphatic rings. The van der Waals surface area contributed by atoms with Gasteiger partial charge >= 0.3 is 0 Å². The number of rotatable bonds is 4. The second-order valence-corrected chi connectivity index (χ2v) is 7.99. The van der Waals surface area contributed by atoms with Gasteiger partial charge in [0.2, 0.25) is 0 Å². The second kappa shape index (κ2) is 8.30. The van der Waals surface area contributed by atoms with Crippen LogP contribution in [0, 0.1) is 6.92 Å². The van der Waals surface area contributed by atoms with Gasteiger partial charge in [-0.25, -0.2) is 4.98 Å². The third-order valence-electron chi connectivity index (χ3n) is 5.86. The van der Waals surface area contributed by atoms with E-state index in [-0.39, 0.29) is 16.9 Å². The van der Waals surface area contributed by atoms with Crippen LogP contribution < -0.4 is 15.6 Å². The lowest BCUT2D eigenvalue weighted by Gasteiger charge is -2.16. The lowest BCUT2D eigenvalue weighted by Crippen LogP contribution is -2.19. The summed E-state index contributed by atoms with van der Waals surface area (Å²) in [4.78, 5) is 32.8. The lowest BCUT2D eigenvalue weighted by molar-refractivity contribution is 0.102. The molecule has 6 nitrogen and oxygen atoms in total. The molecular weight excluding hydrogens is 402 g/mol. The van der Waals surface area contributed by atoms with Crippen LogP contribution in [0.15, 0.2) is 76.1 Å². The molecule has 160 valence electrons. The molecule has 6 heteroatoms. The fraction of sp³-hybridized carbons (Fsp3) is 0.192. The molecule has 1 fully saturated rings. The van der Waals surface area contributed by atoms with Gasteiger partial charge < -0.3 is 14.6 Å². The Morgan fingerprint density at radius 1 is 1.00 bits per heavy atom. The topological polar surface area (TPSA) is 75.4 Å². The monoisotopic (exact) mass is 425 g/mol. The van der Waals surface area contributed by atoms with Crippen LogP contribution in [-0.4, -0.2) is 24.0 Å². The molecule has 0 radical (unpaired) electrons. The Kier molecular flexibility index (Phi) is 5.19. The first-order valence-corrected chi connectivity index (χ1v) is 10.8. The molecular formula is C26H23N3O3. The zero-order chi connectivity index (χ0) is 22.1. The zero-order valence-electron chi connectivity index (χ0n) is 17.8. The van der Waals surface area contributed by atoms with Crippen molar-refractivity contribution in [3.8, 4) is 11.3 Å². The van der Waals surface area contributed by atoms with Crippen molar-refractivity contribution >= 4 is 28.4 Å². The number of benzene rings is 2. The molecule has 0 atom stereocenters. The number of para-hydroxylation sites is 1. The quantitative estimate of drug-likeness (QED) is 0.497. The van der Waals surface area contributed by atoms with Gasteiger partial charge in [-0.2, -0.15) is 0 Å². The average Bonchev–Trinajstić information content (AvgIpc) is 3.37. The minimum atomic E-state index is -0.350. The molecule has 1 N–H and O–H groups in total. The van der Waals surface area contributed by atoms with Crippen LogP contribution in [0.3, 0.4) is 0 Å². The number of nitrogens with zero attached hydrogens (tertiary/aromatic N) is 2. The molecule has 3 heterocycles. The van der Waals surface area contributed by atoms with Crippen LogP contribution >= 0.6 is 0 Å². The Morgan fingerprint density at radius 2 is 1.78 bits per heavy atom. The number of hydrogen-bond acceptors (Lipinski definition) is 5. The minimum Gasteiger partial charge on any atom is -0.455 e. The third kappa shape index (κ3) is 3.64. The highest BCUT2D eigenvalue weighted by molar-refractivity contribution is 6.11. The molecule has 32 heavy (non-hydrogen) atoms. The summed E-state index contributed by atoms with van der Waals surface area (Å²) in [5, 5.41) is 3.27. The van der Waals surface area contributed by atoms with Crippen molar-refractivity contribution in [3.05, 3.63) is 88.2 Å². The van der Waals surface area contributed by atoms with Crippen molar-refractivity contribution in [1.82, 2.24) is 4.98 Å². The summed E-state index contributed by atoms with van der Waals surface area (Å²) in [7, 11) is 0. The van der Waals surface area contributed by atoms with E-state index in [9.17, 15) is 9.59 Å². The summed E-state index contributed by atoms with van der Waals surface area (Å²) >= 11 is 0. The summed E-state index contributed by atoms with van der Waals surface area (Å²) in [6.07, 6.45) is 4.01. The smallest absolute Gasteiger partial charge is 0.259 e. The maximum absolute atomic E-state index is 13.1. The van der Waals surface area contributed by atoms with E-state index in [1.165, 1.54) is 12.8 Å². The van der Waals surface area contributed by atoms with E-state index < -0.39 is 0 Å². The SMILES string of the molecule is Cc1c(-c2ccccc2)oc2c(C(=O)Nc3ccc(N4CCCC4)nc3)cccc2c1=O. The van der Waals surface area contributed by atoms with Crippen LogP contribution in [0.5, 0.6) is 0 Å². The molecule has 2 aromatic carbocycles. The van der Waals surface area contributed by atoms with Gasteiger partial charge in [-0.05, 0) is 44.0 Å². The van der Waals surface area contributed by atoms with Crippen molar-refractivity contribution in [1.29, 1.82) is 0 Å². The van der Waals surface area contributed by atoms with E-state index in [2.05, 4.69) is 15.2 Å². The molecule has 5 rings (SSSR count). The number of fused-ring (bicyclic) bond motifs is 1. The van der Waals surface area contributed by atoms with Crippen molar-refractivity contribution in [2.75, 3.05) is 23.3 Å². The number of pyridine rings is 1. The van der Waals surface area contributed by atoms with Crippen molar-refractivity contribution in [2.45, 2.75) is 19.8 Å². The number of anilines is 2. The Balaban J connectivity index is 1.50. The summed E-state index contributed by atoms with van der Waals surface area (Å²) in [6.45, 7) is 3.77. The van der Waals surface area contributed by atoms with Crippen molar-refractivity contribution in [3.63, 3.8) is 0 Å². The van der Waals surface area contributed by atoms with Crippen molar-refractivity contribution < 1.29 is 9.21 Å². The maximum atomic E-state index is 13.1. The number of hydrogen-bond donors (Lipinski definition) is 1. The molecule has 1 amide bonds. The van der Waals surface area contributed by atoms with Gasteiger partial charge in [0.05, 0.1) is 22.8 Å². The first-order valence-electron chi connectivity index (χ1n) is 10.8. The number of aromatic nitrogens is 1. The Bertz CT molecular complexity index is 1340. The molecule has 0 aliphatic carbocycles. The molecule has 1 aliphatic heterocycles. The Hall–Kier alpha value is -3.93. The molecule has 0 unspecified atom stereocenters. The van der Waals surface area contributed by atoms with E-state index in [0.717, 1.165) is 24.5 Å². The van der Waals surface area contributed by atoms with Crippen LogP contribution in [0.25, 0.3) is 22.3 Å². The lowest BCUT2D eigenvalue weighted by atomic mass is 10.0. The number of nitrogens with one attached hydrogen (secondary N) is 1. The van der Waals surface area contributed by atoms with Gasteiger partial charge in [-0.15, -0.1) is 0 Å².